The van der Waals surface area contributed by atoms with Gasteiger partial charge in [0.1, 0.15) is 24.4 Å². The SMILES string of the molecule is O=[N+]([O-])c1cnc(N2CCCC2COc2ccccc2)c(Cl)c1. The molecule has 0 radical (unpaired) electrons. The summed E-state index contributed by atoms with van der Waals surface area (Å²) in [5.74, 6) is 1.40. The Morgan fingerprint density at radius 3 is 2.87 bits per heavy atom. The summed E-state index contributed by atoms with van der Waals surface area (Å²) < 4.78 is 5.82. The molecule has 0 N–H and O–H groups in total. The van der Waals surface area contributed by atoms with Gasteiger partial charge in [0.25, 0.3) is 5.69 Å². The average molecular weight is 334 g/mol. The molecule has 0 saturated carbocycles. The Morgan fingerprint density at radius 1 is 1.39 bits per heavy atom. The van der Waals surface area contributed by atoms with Crippen molar-refractivity contribution in [2.45, 2.75) is 18.9 Å². The summed E-state index contributed by atoms with van der Waals surface area (Å²) in [7, 11) is 0. The van der Waals surface area contributed by atoms with Crippen molar-refractivity contribution >= 4 is 23.1 Å². The first kappa shape index (κ1) is 15.6. The summed E-state index contributed by atoms with van der Waals surface area (Å²) in [6.07, 6.45) is 3.23. The van der Waals surface area contributed by atoms with Gasteiger partial charge in [-0.15, -0.1) is 0 Å². The Hall–Kier alpha value is -2.34. The largest absolute Gasteiger partial charge is 0.491 e. The number of rotatable bonds is 5. The fraction of sp³-hybridized carbons (Fsp3) is 0.312. The van der Waals surface area contributed by atoms with Crippen molar-refractivity contribution in [1.29, 1.82) is 0 Å². The molecule has 3 rings (SSSR count). The van der Waals surface area contributed by atoms with Gasteiger partial charge >= 0.3 is 0 Å². The lowest BCUT2D eigenvalue weighted by molar-refractivity contribution is -0.385. The molecule has 1 aromatic heterocycles. The monoisotopic (exact) mass is 333 g/mol. The maximum atomic E-state index is 10.8. The van der Waals surface area contributed by atoms with Crippen LogP contribution < -0.4 is 9.64 Å². The number of nitro groups is 1. The minimum atomic E-state index is -0.497. The molecule has 0 spiro atoms. The molecule has 1 aliphatic rings. The fourth-order valence-electron chi connectivity index (χ4n) is 2.73. The van der Waals surface area contributed by atoms with Gasteiger partial charge in [0.2, 0.25) is 0 Å². The van der Waals surface area contributed by atoms with E-state index in [2.05, 4.69) is 9.88 Å². The zero-order valence-electron chi connectivity index (χ0n) is 12.4. The van der Waals surface area contributed by atoms with E-state index in [1.165, 1.54) is 12.3 Å². The van der Waals surface area contributed by atoms with Crippen LogP contribution in [0.1, 0.15) is 12.8 Å². The smallest absolute Gasteiger partial charge is 0.289 e. The first-order valence-electron chi connectivity index (χ1n) is 7.39. The van der Waals surface area contributed by atoms with Crippen molar-refractivity contribution in [3.05, 3.63) is 57.7 Å². The van der Waals surface area contributed by atoms with Crippen LogP contribution in [0.3, 0.4) is 0 Å². The van der Waals surface area contributed by atoms with Gasteiger partial charge in [-0.1, -0.05) is 29.8 Å². The van der Waals surface area contributed by atoms with Crippen LogP contribution in [-0.2, 0) is 0 Å². The number of ether oxygens (including phenoxy) is 1. The predicted octanol–water partition coefficient (Wildman–Crippen LogP) is 3.69. The summed E-state index contributed by atoms with van der Waals surface area (Å²) in [5, 5.41) is 11.1. The van der Waals surface area contributed by atoms with Crippen LogP contribution in [0.2, 0.25) is 5.02 Å². The van der Waals surface area contributed by atoms with Crippen molar-refractivity contribution in [3.63, 3.8) is 0 Å². The molecule has 1 fully saturated rings. The zero-order valence-corrected chi connectivity index (χ0v) is 13.1. The van der Waals surface area contributed by atoms with E-state index < -0.39 is 4.92 Å². The second-order valence-corrected chi connectivity index (χ2v) is 5.78. The lowest BCUT2D eigenvalue weighted by Crippen LogP contribution is -2.35. The average Bonchev–Trinajstić information content (AvgIpc) is 3.02. The summed E-state index contributed by atoms with van der Waals surface area (Å²) >= 11 is 6.19. The molecule has 6 nitrogen and oxygen atoms in total. The van der Waals surface area contributed by atoms with Crippen LogP contribution in [0.5, 0.6) is 5.75 Å². The van der Waals surface area contributed by atoms with Gasteiger partial charge in [0.15, 0.2) is 0 Å². The first-order chi connectivity index (χ1) is 11.1. The Morgan fingerprint density at radius 2 is 2.17 bits per heavy atom. The fourth-order valence-corrected chi connectivity index (χ4v) is 3.00. The summed E-state index contributed by atoms with van der Waals surface area (Å²) in [5.41, 5.74) is -0.102. The Labute approximate surface area is 138 Å². The molecule has 7 heteroatoms. The highest BCUT2D eigenvalue weighted by atomic mass is 35.5. The minimum absolute atomic E-state index is 0.102. The molecule has 23 heavy (non-hydrogen) atoms. The summed E-state index contributed by atoms with van der Waals surface area (Å²) in [6, 6.07) is 11.1. The van der Waals surface area contributed by atoms with Crippen LogP contribution in [0.25, 0.3) is 0 Å². The molecule has 120 valence electrons. The van der Waals surface area contributed by atoms with Crippen molar-refractivity contribution in [2.75, 3.05) is 18.1 Å². The third-order valence-corrected chi connectivity index (χ3v) is 4.13. The van der Waals surface area contributed by atoms with E-state index >= 15 is 0 Å². The maximum absolute atomic E-state index is 10.8. The normalized spacial score (nSPS) is 17.3. The zero-order chi connectivity index (χ0) is 16.2. The van der Waals surface area contributed by atoms with Crippen LogP contribution in [-0.4, -0.2) is 29.1 Å². The molecule has 1 unspecified atom stereocenters. The van der Waals surface area contributed by atoms with Gasteiger partial charge in [-0.05, 0) is 25.0 Å². The molecular weight excluding hydrogens is 318 g/mol. The maximum Gasteiger partial charge on any atom is 0.289 e. The number of nitrogens with zero attached hydrogens (tertiary/aromatic N) is 3. The molecule has 2 heterocycles. The molecule has 1 aliphatic heterocycles. The molecule has 0 amide bonds. The van der Waals surface area contributed by atoms with Gasteiger partial charge < -0.3 is 9.64 Å². The Balaban J connectivity index is 1.72. The van der Waals surface area contributed by atoms with E-state index in [0.29, 0.717) is 17.4 Å². The van der Waals surface area contributed by atoms with Crippen LogP contribution >= 0.6 is 11.6 Å². The lowest BCUT2D eigenvalue weighted by Gasteiger charge is -2.26. The number of hydrogen-bond donors (Lipinski definition) is 0. The molecule has 2 aromatic rings. The van der Waals surface area contributed by atoms with Gasteiger partial charge in [-0.3, -0.25) is 10.1 Å². The number of halogens is 1. The van der Waals surface area contributed by atoms with E-state index in [1.54, 1.807) is 0 Å². The van der Waals surface area contributed by atoms with Crippen LogP contribution in [0, 0.1) is 10.1 Å². The molecule has 1 aromatic carbocycles. The topological polar surface area (TPSA) is 68.5 Å². The van der Waals surface area contributed by atoms with E-state index in [1.807, 2.05) is 30.3 Å². The molecular formula is C16H16ClN3O3. The Kier molecular flexibility index (Phi) is 4.62. The van der Waals surface area contributed by atoms with Crippen molar-refractivity contribution < 1.29 is 9.66 Å². The van der Waals surface area contributed by atoms with Crippen molar-refractivity contribution in [1.82, 2.24) is 4.98 Å². The molecule has 0 aliphatic carbocycles. The van der Waals surface area contributed by atoms with E-state index in [0.717, 1.165) is 25.1 Å². The highest BCUT2D eigenvalue weighted by Crippen LogP contribution is 2.32. The number of pyridine rings is 1. The third kappa shape index (κ3) is 3.53. The van der Waals surface area contributed by atoms with Crippen molar-refractivity contribution in [2.24, 2.45) is 0 Å². The first-order valence-corrected chi connectivity index (χ1v) is 7.77. The number of benzene rings is 1. The van der Waals surface area contributed by atoms with Gasteiger partial charge in [0.05, 0.1) is 16.0 Å². The predicted molar refractivity (Wildman–Crippen MR) is 88.2 cm³/mol. The van der Waals surface area contributed by atoms with Gasteiger partial charge in [-0.2, -0.15) is 0 Å². The molecule has 0 bridgehead atoms. The highest BCUT2D eigenvalue weighted by molar-refractivity contribution is 6.33. The van der Waals surface area contributed by atoms with Gasteiger partial charge in [-0.25, -0.2) is 4.98 Å². The van der Waals surface area contributed by atoms with E-state index in [4.69, 9.17) is 16.3 Å². The Bertz CT molecular complexity index is 696. The summed E-state index contributed by atoms with van der Waals surface area (Å²) in [6.45, 7) is 1.34. The standard InChI is InChI=1S/C16H16ClN3O3/c17-15-9-13(20(21)22)10-18-16(15)19-8-4-5-12(19)11-23-14-6-2-1-3-7-14/h1-3,6-7,9-10,12H,4-5,8,11H2. The molecule has 1 atom stereocenters. The third-order valence-electron chi connectivity index (χ3n) is 3.85. The van der Waals surface area contributed by atoms with Crippen LogP contribution in [0.15, 0.2) is 42.6 Å². The number of aromatic nitrogens is 1. The van der Waals surface area contributed by atoms with Gasteiger partial charge in [0, 0.05) is 12.6 Å². The lowest BCUT2D eigenvalue weighted by atomic mass is 10.2. The van der Waals surface area contributed by atoms with Crippen molar-refractivity contribution in [3.8, 4) is 5.75 Å². The van der Waals surface area contributed by atoms with E-state index in [-0.39, 0.29) is 11.7 Å². The second-order valence-electron chi connectivity index (χ2n) is 5.37. The second kappa shape index (κ2) is 6.83. The van der Waals surface area contributed by atoms with Crippen LogP contribution in [0.4, 0.5) is 11.5 Å². The minimum Gasteiger partial charge on any atom is -0.491 e. The highest BCUT2D eigenvalue weighted by Gasteiger charge is 2.28. The summed E-state index contributed by atoms with van der Waals surface area (Å²) in [4.78, 5) is 16.5. The quantitative estimate of drug-likeness (QED) is 0.616. The van der Waals surface area contributed by atoms with E-state index in [9.17, 15) is 10.1 Å². The molecule has 1 saturated heterocycles. The number of hydrogen-bond acceptors (Lipinski definition) is 5. The number of para-hydroxylation sites is 1. The number of anilines is 1.